The Bertz CT molecular complexity index is 497. The lowest BCUT2D eigenvalue weighted by Gasteiger charge is -2.37. The topological polar surface area (TPSA) is 79.1 Å². The Balaban J connectivity index is 0.000000491. The fourth-order valence-electron chi connectivity index (χ4n) is 2.71. The molecular weight excluding hydrogens is 270 g/mol. The number of hydrogen-bond donors (Lipinski definition) is 2. The van der Waals surface area contributed by atoms with E-state index in [0.29, 0.717) is 0 Å². The molecule has 1 saturated carbocycles. The molecule has 0 aromatic heterocycles. The Labute approximate surface area is 125 Å². The standard InChI is InChI=1S/C14H19NO2.C2H4O2/c1-11-5-3-4-6-13(11)14(17-2)9-7-12(15-16)8-10-14;1-2(3)4/h3-6,16H,7-10H2,1-2H3;1H3,(H,3,4). The van der Waals surface area contributed by atoms with Gasteiger partial charge < -0.3 is 15.1 Å². The number of aryl methyl sites for hydroxylation is 1. The first-order chi connectivity index (χ1) is 9.95. The van der Waals surface area contributed by atoms with E-state index in [-0.39, 0.29) is 5.60 Å². The Kier molecular flexibility index (Phi) is 6.37. The number of methoxy groups -OCH3 is 1. The normalized spacial score (nSPS) is 21.2. The molecule has 0 radical (unpaired) electrons. The lowest BCUT2D eigenvalue weighted by Crippen LogP contribution is -2.34. The van der Waals surface area contributed by atoms with Crippen LogP contribution in [0.25, 0.3) is 0 Å². The van der Waals surface area contributed by atoms with Crippen LogP contribution in [0.5, 0.6) is 0 Å². The lowest BCUT2D eigenvalue weighted by molar-refractivity contribution is -0.134. The highest BCUT2D eigenvalue weighted by molar-refractivity contribution is 5.84. The molecule has 1 fully saturated rings. The molecule has 5 heteroatoms. The van der Waals surface area contributed by atoms with Crippen LogP contribution >= 0.6 is 0 Å². The number of oxime groups is 1. The molecule has 1 aliphatic rings. The molecule has 0 heterocycles. The third kappa shape index (κ3) is 4.56. The van der Waals surface area contributed by atoms with Gasteiger partial charge in [0, 0.05) is 14.0 Å². The van der Waals surface area contributed by atoms with Gasteiger partial charge in [-0.2, -0.15) is 0 Å². The largest absolute Gasteiger partial charge is 0.481 e. The maximum absolute atomic E-state index is 9.00. The minimum absolute atomic E-state index is 0.209. The molecular formula is C16H23NO4. The number of aliphatic carboxylic acids is 1. The lowest BCUT2D eigenvalue weighted by atomic mass is 9.77. The van der Waals surface area contributed by atoms with Crippen LogP contribution < -0.4 is 0 Å². The number of rotatable bonds is 2. The van der Waals surface area contributed by atoms with Crippen molar-refractivity contribution < 1.29 is 19.8 Å². The van der Waals surface area contributed by atoms with Crippen LogP contribution in [0.2, 0.25) is 0 Å². The fraction of sp³-hybridized carbons (Fsp3) is 0.500. The Morgan fingerprint density at radius 3 is 2.24 bits per heavy atom. The Morgan fingerprint density at radius 2 is 1.81 bits per heavy atom. The molecule has 0 bridgehead atoms. The highest BCUT2D eigenvalue weighted by atomic mass is 16.5. The van der Waals surface area contributed by atoms with Crippen LogP contribution in [0.3, 0.4) is 0 Å². The Morgan fingerprint density at radius 1 is 1.29 bits per heavy atom. The van der Waals surface area contributed by atoms with E-state index in [4.69, 9.17) is 19.8 Å². The highest BCUT2D eigenvalue weighted by Gasteiger charge is 2.36. The van der Waals surface area contributed by atoms with Crippen molar-refractivity contribution in [2.24, 2.45) is 5.16 Å². The predicted molar refractivity (Wildman–Crippen MR) is 80.9 cm³/mol. The van der Waals surface area contributed by atoms with Crippen LogP contribution in [0.4, 0.5) is 0 Å². The number of ether oxygens (including phenoxy) is 1. The third-order valence-electron chi connectivity index (χ3n) is 3.80. The van der Waals surface area contributed by atoms with Crippen molar-refractivity contribution in [1.29, 1.82) is 0 Å². The summed E-state index contributed by atoms with van der Waals surface area (Å²) in [4.78, 5) is 9.00. The van der Waals surface area contributed by atoms with Crippen LogP contribution in [-0.4, -0.2) is 29.1 Å². The number of carboxylic acid groups (broad SMARTS) is 1. The summed E-state index contributed by atoms with van der Waals surface area (Å²) in [5, 5.41) is 19.5. The van der Waals surface area contributed by atoms with Gasteiger partial charge in [0.05, 0.1) is 11.3 Å². The molecule has 1 aromatic rings. The number of carbonyl (C=O) groups is 1. The number of hydrogen-bond acceptors (Lipinski definition) is 4. The van der Waals surface area contributed by atoms with Gasteiger partial charge in [-0.1, -0.05) is 29.4 Å². The number of carboxylic acids is 1. The van der Waals surface area contributed by atoms with E-state index >= 15 is 0 Å². The van der Waals surface area contributed by atoms with Gasteiger partial charge in [-0.15, -0.1) is 0 Å². The van der Waals surface area contributed by atoms with E-state index in [0.717, 1.165) is 38.3 Å². The molecule has 2 N–H and O–H groups in total. The summed E-state index contributed by atoms with van der Waals surface area (Å²) in [6.07, 6.45) is 3.37. The average Bonchev–Trinajstić information content (AvgIpc) is 2.47. The highest BCUT2D eigenvalue weighted by Crippen LogP contribution is 2.40. The first-order valence-electron chi connectivity index (χ1n) is 6.96. The summed E-state index contributed by atoms with van der Waals surface area (Å²) < 4.78 is 5.80. The average molecular weight is 293 g/mol. The van der Waals surface area contributed by atoms with Crippen LogP contribution in [0.15, 0.2) is 29.4 Å². The van der Waals surface area contributed by atoms with E-state index in [1.807, 2.05) is 6.07 Å². The van der Waals surface area contributed by atoms with E-state index in [2.05, 4.69) is 30.3 Å². The van der Waals surface area contributed by atoms with E-state index < -0.39 is 5.97 Å². The summed E-state index contributed by atoms with van der Waals surface area (Å²) >= 11 is 0. The van der Waals surface area contributed by atoms with Crippen molar-refractivity contribution in [3.05, 3.63) is 35.4 Å². The van der Waals surface area contributed by atoms with E-state index in [1.54, 1.807) is 7.11 Å². The maximum Gasteiger partial charge on any atom is 0.300 e. The maximum atomic E-state index is 9.00. The summed E-state index contributed by atoms with van der Waals surface area (Å²) in [6.45, 7) is 3.20. The minimum atomic E-state index is -0.833. The van der Waals surface area contributed by atoms with Gasteiger partial charge in [-0.3, -0.25) is 4.79 Å². The molecule has 116 valence electrons. The molecule has 1 aromatic carbocycles. The number of nitrogens with zero attached hydrogens (tertiary/aromatic N) is 1. The number of benzene rings is 1. The molecule has 21 heavy (non-hydrogen) atoms. The Hall–Kier alpha value is -1.88. The van der Waals surface area contributed by atoms with Crippen LogP contribution in [0.1, 0.15) is 43.7 Å². The van der Waals surface area contributed by atoms with Gasteiger partial charge >= 0.3 is 0 Å². The predicted octanol–water partition coefficient (Wildman–Crippen LogP) is 3.33. The fourth-order valence-corrected chi connectivity index (χ4v) is 2.71. The second kappa shape index (κ2) is 7.78. The van der Waals surface area contributed by atoms with Gasteiger partial charge in [-0.25, -0.2) is 0 Å². The quantitative estimate of drug-likeness (QED) is 0.647. The second-order valence-electron chi connectivity index (χ2n) is 5.20. The van der Waals surface area contributed by atoms with Gasteiger partial charge in [0.25, 0.3) is 5.97 Å². The summed E-state index contributed by atoms with van der Waals surface area (Å²) in [5.41, 5.74) is 3.20. The second-order valence-corrected chi connectivity index (χ2v) is 5.20. The zero-order valence-electron chi connectivity index (χ0n) is 12.8. The van der Waals surface area contributed by atoms with Gasteiger partial charge in [0.2, 0.25) is 0 Å². The molecule has 0 saturated heterocycles. The van der Waals surface area contributed by atoms with Gasteiger partial charge in [0.1, 0.15) is 0 Å². The summed E-state index contributed by atoms with van der Waals surface area (Å²) in [6, 6.07) is 8.36. The molecule has 0 spiro atoms. The van der Waals surface area contributed by atoms with Crippen molar-refractivity contribution in [2.75, 3.05) is 7.11 Å². The summed E-state index contributed by atoms with van der Waals surface area (Å²) in [7, 11) is 1.77. The summed E-state index contributed by atoms with van der Waals surface area (Å²) in [5.74, 6) is -0.833. The van der Waals surface area contributed by atoms with Gasteiger partial charge in [-0.05, 0) is 43.7 Å². The molecule has 0 amide bonds. The van der Waals surface area contributed by atoms with Crippen molar-refractivity contribution in [1.82, 2.24) is 0 Å². The smallest absolute Gasteiger partial charge is 0.300 e. The zero-order valence-corrected chi connectivity index (χ0v) is 12.8. The molecule has 0 aliphatic heterocycles. The van der Waals surface area contributed by atoms with E-state index in [1.165, 1.54) is 11.1 Å². The first kappa shape index (κ1) is 17.2. The molecule has 0 unspecified atom stereocenters. The molecule has 5 nitrogen and oxygen atoms in total. The SMILES string of the molecule is CC(=O)O.COC1(c2ccccc2C)CCC(=NO)CC1. The van der Waals surface area contributed by atoms with Crippen molar-refractivity contribution >= 4 is 11.7 Å². The third-order valence-corrected chi connectivity index (χ3v) is 3.80. The first-order valence-corrected chi connectivity index (χ1v) is 6.96. The van der Waals surface area contributed by atoms with Crippen molar-refractivity contribution in [2.45, 2.75) is 45.1 Å². The molecule has 1 aliphatic carbocycles. The zero-order chi connectivity index (χ0) is 15.9. The minimum Gasteiger partial charge on any atom is -0.481 e. The van der Waals surface area contributed by atoms with Gasteiger partial charge in [0.15, 0.2) is 0 Å². The monoisotopic (exact) mass is 293 g/mol. The van der Waals surface area contributed by atoms with Crippen molar-refractivity contribution in [3.8, 4) is 0 Å². The van der Waals surface area contributed by atoms with Crippen LogP contribution in [0, 0.1) is 6.92 Å². The van der Waals surface area contributed by atoms with Crippen molar-refractivity contribution in [3.63, 3.8) is 0 Å². The molecule has 0 atom stereocenters. The molecule has 2 rings (SSSR count). The van der Waals surface area contributed by atoms with E-state index in [9.17, 15) is 0 Å². The van der Waals surface area contributed by atoms with Crippen LogP contribution in [-0.2, 0) is 15.1 Å².